The first-order valence-electron chi connectivity index (χ1n) is 9.73. The number of aryl methyl sites for hydroxylation is 1. The van der Waals surface area contributed by atoms with Crippen LogP contribution in [0.2, 0.25) is 0 Å². The Bertz CT molecular complexity index is 1130. The number of carbonyl (C=O) groups excluding carboxylic acids is 1. The minimum atomic E-state index is -0.230. The molecule has 30 heavy (non-hydrogen) atoms. The van der Waals surface area contributed by atoms with Crippen LogP contribution in [0.5, 0.6) is 0 Å². The standard InChI is InChI=1S/C22H22N4OS3/c1-4-26-19(13-28-22-23-17-7-5-6-8-18(17)30-22)24-25-21(26)29-15(3)20(27)16-11-9-14(2)10-12-16/h5-12,15H,4,13H2,1-3H3. The van der Waals surface area contributed by atoms with E-state index in [2.05, 4.69) is 32.7 Å². The fraction of sp³-hybridized carbons (Fsp3) is 0.273. The summed E-state index contributed by atoms with van der Waals surface area (Å²) in [5, 5.41) is 9.31. The topological polar surface area (TPSA) is 60.7 Å². The van der Waals surface area contributed by atoms with E-state index in [9.17, 15) is 4.79 Å². The molecule has 1 unspecified atom stereocenters. The zero-order valence-corrected chi connectivity index (χ0v) is 19.5. The average Bonchev–Trinajstić information content (AvgIpc) is 3.35. The van der Waals surface area contributed by atoms with Gasteiger partial charge in [0.15, 0.2) is 15.3 Å². The van der Waals surface area contributed by atoms with E-state index < -0.39 is 0 Å². The van der Waals surface area contributed by atoms with Crippen LogP contribution >= 0.6 is 34.9 Å². The third kappa shape index (κ3) is 4.61. The van der Waals surface area contributed by atoms with Crippen LogP contribution in [0.15, 0.2) is 58.0 Å². The van der Waals surface area contributed by atoms with E-state index in [4.69, 9.17) is 0 Å². The molecule has 0 saturated carbocycles. The van der Waals surface area contributed by atoms with Gasteiger partial charge in [-0.15, -0.1) is 21.5 Å². The minimum Gasteiger partial charge on any atom is -0.306 e. The van der Waals surface area contributed by atoms with Gasteiger partial charge < -0.3 is 4.57 Å². The Hall–Kier alpha value is -2.16. The van der Waals surface area contributed by atoms with Crippen molar-refractivity contribution < 1.29 is 4.79 Å². The van der Waals surface area contributed by atoms with Gasteiger partial charge in [-0.25, -0.2) is 4.98 Å². The highest BCUT2D eigenvalue weighted by molar-refractivity contribution is 8.00. The molecule has 0 bridgehead atoms. The third-order valence-electron chi connectivity index (χ3n) is 4.70. The molecule has 0 spiro atoms. The summed E-state index contributed by atoms with van der Waals surface area (Å²) in [5.41, 5.74) is 2.91. The molecule has 0 aliphatic carbocycles. The summed E-state index contributed by atoms with van der Waals surface area (Å²) in [6.07, 6.45) is 0. The Morgan fingerprint density at radius 2 is 1.90 bits per heavy atom. The number of carbonyl (C=O) groups is 1. The molecule has 1 atom stereocenters. The van der Waals surface area contributed by atoms with E-state index in [1.54, 1.807) is 23.1 Å². The van der Waals surface area contributed by atoms with Crippen LogP contribution in [0.25, 0.3) is 10.2 Å². The number of thiazole rings is 1. The fourth-order valence-electron chi connectivity index (χ4n) is 3.03. The van der Waals surface area contributed by atoms with Gasteiger partial charge in [-0.3, -0.25) is 4.79 Å². The van der Waals surface area contributed by atoms with Crippen molar-refractivity contribution >= 4 is 50.9 Å². The summed E-state index contributed by atoms with van der Waals surface area (Å²) >= 11 is 4.83. The van der Waals surface area contributed by atoms with Gasteiger partial charge in [-0.1, -0.05) is 65.5 Å². The van der Waals surface area contributed by atoms with Gasteiger partial charge in [0.25, 0.3) is 0 Å². The van der Waals surface area contributed by atoms with Crippen molar-refractivity contribution in [2.45, 2.75) is 47.8 Å². The van der Waals surface area contributed by atoms with Gasteiger partial charge in [0, 0.05) is 12.1 Å². The predicted octanol–water partition coefficient (Wildman–Crippen LogP) is 5.87. The van der Waals surface area contributed by atoms with E-state index in [0.29, 0.717) is 5.75 Å². The lowest BCUT2D eigenvalue weighted by atomic mass is 10.1. The number of aromatic nitrogens is 4. The predicted molar refractivity (Wildman–Crippen MR) is 126 cm³/mol. The molecule has 8 heteroatoms. The number of ketones is 1. The number of thioether (sulfide) groups is 2. The lowest BCUT2D eigenvalue weighted by molar-refractivity contribution is 0.0994. The highest BCUT2D eigenvalue weighted by Crippen LogP contribution is 2.32. The smallest absolute Gasteiger partial charge is 0.191 e. The van der Waals surface area contributed by atoms with Crippen molar-refractivity contribution in [2.24, 2.45) is 0 Å². The van der Waals surface area contributed by atoms with Crippen LogP contribution in [-0.2, 0) is 12.3 Å². The van der Waals surface area contributed by atoms with Crippen molar-refractivity contribution in [1.82, 2.24) is 19.7 Å². The molecule has 2 heterocycles. The summed E-state index contributed by atoms with van der Waals surface area (Å²) in [5.74, 6) is 1.71. The number of para-hydroxylation sites is 1. The van der Waals surface area contributed by atoms with Gasteiger partial charge in [-0.2, -0.15) is 0 Å². The number of rotatable bonds is 8. The van der Waals surface area contributed by atoms with Crippen LogP contribution in [-0.4, -0.2) is 30.8 Å². The summed E-state index contributed by atoms with van der Waals surface area (Å²) < 4.78 is 4.31. The molecule has 0 amide bonds. The zero-order valence-electron chi connectivity index (χ0n) is 17.0. The summed E-state index contributed by atoms with van der Waals surface area (Å²) in [6, 6.07) is 15.9. The largest absolute Gasteiger partial charge is 0.306 e. The van der Waals surface area contributed by atoms with Gasteiger partial charge >= 0.3 is 0 Å². The molecule has 4 rings (SSSR count). The van der Waals surface area contributed by atoms with Gasteiger partial charge in [0.1, 0.15) is 5.82 Å². The van der Waals surface area contributed by atoms with Crippen molar-refractivity contribution in [1.29, 1.82) is 0 Å². The molecule has 0 radical (unpaired) electrons. The number of nitrogens with zero attached hydrogens (tertiary/aromatic N) is 4. The second-order valence-electron chi connectivity index (χ2n) is 6.87. The van der Waals surface area contributed by atoms with E-state index in [1.807, 2.05) is 56.3 Å². The SMILES string of the molecule is CCn1c(CSc2nc3ccccc3s2)nnc1SC(C)C(=O)c1ccc(C)cc1. The molecule has 0 aliphatic rings. The second kappa shape index (κ2) is 9.32. The van der Waals surface area contributed by atoms with Crippen molar-refractivity contribution in [3.8, 4) is 0 Å². The Balaban J connectivity index is 1.44. The quantitative estimate of drug-likeness (QED) is 0.245. The van der Waals surface area contributed by atoms with Gasteiger partial charge in [0.05, 0.1) is 21.2 Å². The maximum absolute atomic E-state index is 12.8. The Kier molecular flexibility index (Phi) is 6.55. The van der Waals surface area contributed by atoms with Crippen molar-refractivity contribution in [3.05, 3.63) is 65.5 Å². The van der Waals surface area contributed by atoms with Gasteiger partial charge in [0.2, 0.25) is 0 Å². The average molecular weight is 455 g/mol. The minimum absolute atomic E-state index is 0.107. The maximum atomic E-state index is 12.8. The molecular weight excluding hydrogens is 432 g/mol. The van der Waals surface area contributed by atoms with E-state index in [0.717, 1.165) is 38.5 Å². The summed E-state index contributed by atoms with van der Waals surface area (Å²) in [6.45, 7) is 6.78. The first-order chi connectivity index (χ1) is 14.5. The highest BCUT2D eigenvalue weighted by Gasteiger charge is 2.21. The number of hydrogen-bond donors (Lipinski definition) is 0. The van der Waals surface area contributed by atoms with E-state index in [-0.39, 0.29) is 11.0 Å². The maximum Gasteiger partial charge on any atom is 0.191 e. The van der Waals surface area contributed by atoms with Crippen LogP contribution in [0, 0.1) is 6.92 Å². The summed E-state index contributed by atoms with van der Waals surface area (Å²) in [7, 11) is 0. The van der Waals surface area contributed by atoms with Crippen LogP contribution in [0.3, 0.4) is 0 Å². The molecule has 4 aromatic rings. The van der Waals surface area contributed by atoms with E-state index >= 15 is 0 Å². The Morgan fingerprint density at radius 3 is 2.63 bits per heavy atom. The monoisotopic (exact) mass is 454 g/mol. The first kappa shape index (κ1) is 21.1. The first-order valence-corrected chi connectivity index (χ1v) is 12.4. The van der Waals surface area contributed by atoms with E-state index in [1.165, 1.54) is 16.5 Å². The number of fused-ring (bicyclic) bond motifs is 1. The Morgan fingerprint density at radius 1 is 1.13 bits per heavy atom. The molecule has 0 N–H and O–H groups in total. The van der Waals surface area contributed by atoms with Crippen LogP contribution < -0.4 is 0 Å². The molecule has 5 nitrogen and oxygen atoms in total. The summed E-state index contributed by atoms with van der Waals surface area (Å²) in [4.78, 5) is 17.4. The Labute approximate surface area is 188 Å². The van der Waals surface area contributed by atoms with Crippen LogP contribution in [0.4, 0.5) is 0 Å². The molecule has 154 valence electrons. The molecule has 0 aliphatic heterocycles. The number of hydrogen-bond acceptors (Lipinski definition) is 7. The lowest BCUT2D eigenvalue weighted by Gasteiger charge is -2.11. The molecular formula is C22H22N4OS3. The molecule has 2 aromatic heterocycles. The molecule has 0 fully saturated rings. The van der Waals surface area contributed by atoms with Crippen molar-refractivity contribution in [2.75, 3.05) is 0 Å². The number of Topliss-reactive ketones (excluding diaryl/α,β-unsaturated/α-hetero) is 1. The second-order valence-corrected chi connectivity index (χ2v) is 10.4. The lowest BCUT2D eigenvalue weighted by Crippen LogP contribution is -2.15. The van der Waals surface area contributed by atoms with Crippen LogP contribution in [0.1, 0.15) is 35.6 Å². The zero-order chi connectivity index (χ0) is 21.1. The van der Waals surface area contributed by atoms with Gasteiger partial charge in [-0.05, 0) is 32.9 Å². The molecule has 0 saturated heterocycles. The third-order valence-corrected chi connectivity index (χ3v) is 7.95. The molecule has 2 aromatic carbocycles. The highest BCUT2D eigenvalue weighted by atomic mass is 32.2. The van der Waals surface area contributed by atoms with Crippen molar-refractivity contribution in [3.63, 3.8) is 0 Å². The number of benzene rings is 2. The normalized spacial score (nSPS) is 12.4. The fourth-order valence-corrected chi connectivity index (χ4v) is 6.05.